The average molecular weight is 497 g/mol. The van der Waals surface area contributed by atoms with Crippen molar-refractivity contribution in [3.63, 3.8) is 0 Å². The maximum atomic E-state index is 13.3. The summed E-state index contributed by atoms with van der Waals surface area (Å²) in [5.41, 5.74) is 1.28. The zero-order valence-electron chi connectivity index (χ0n) is 19.5. The van der Waals surface area contributed by atoms with Gasteiger partial charge < -0.3 is 19.9 Å². The second kappa shape index (κ2) is 8.81. The smallest absolute Gasteiger partial charge is 0.417 e. The molecule has 186 valence electrons. The molecule has 1 saturated heterocycles. The van der Waals surface area contributed by atoms with Gasteiger partial charge in [-0.05, 0) is 43.2 Å². The van der Waals surface area contributed by atoms with E-state index in [1.54, 1.807) is 12.1 Å². The van der Waals surface area contributed by atoms with Gasteiger partial charge in [-0.2, -0.15) is 13.2 Å². The normalized spacial score (nSPS) is 15.4. The van der Waals surface area contributed by atoms with Crippen molar-refractivity contribution in [2.75, 3.05) is 36.4 Å². The molecule has 3 aromatic rings. The molecule has 2 amide bonds. The van der Waals surface area contributed by atoms with E-state index < -0.39 is 17.6 Å². The Morgan fingerprint density at radius 1 is 1.03 bits per heavy atom. The Labute approximate surface area is 204 Å². The molecule has 0 atom stereocenters. The predicted molar refractivity (Wildman–Crippen MR) is 126 cm³/mol. The number of nitrogens with zero attached hydrogens (tertiary/aromatic N) is 4. The van der Waals surface area contributed by atoms with E-state index in [4.69, 9.17) is 4.74 Å². The number of aryl methyl sites for hydroxylation is 2. The third-order valence-corrected chi connectivity index (χ3v) is 6.23. The Balaban J connectivity index is 1.33. The number of nitrogens with one attached hydrogen (secondary N) is 1. The van der Waals surface area contributed by atoms with E-state index in [1.807, 2.05) is 24.8 Å². The molecule has 0 aliphatic carbocycles. The molecule has 0 spiro atoms. The van der Waals surface area contributed by atoms with Crippen molar-refractivity contribution >= 4 is 23.3 Å². The van der Waals surface area contributed by atoms with E-state index in [2.05, 4.69) is 15.5 Å². The molecule has 2 aliphatic rings. The summed E-state index contributed by atoms with van der Waals surface area (Å²) in [5.74, 6) is -0.0872. The second-order valence-corrected chi connectivity index (χ2v) is 8.76. The summed E-state index contributed by atoms with van der Waals surface area (Å²) in [4.78, 5) is 29.0. The third kappa shape index (κ3) is 4.32. The van der Waals surface area contributed by atoms with E-state index in [0.717, 1.165) is 17.2 Å². The number of fused-ring (bicyclic) bond motifs is 2. The first-order chi connectivity index (χ1) is 17.1. The van der Waals surface area contributed by atoms with Crippen LogP contribution in [-0.4, -0.2) is 53.1 Å². The lowest BCUT2D eigenvalue weighted by Gasteiger charge is -2.35. The molecular formula is C25H22F3N5O3. The molecule has 1 N–H and O–H groups in total. The number of amides is 2. The van der Waals surface area contributed by atoms with Crippen LogP contribution in [0.5, 0.6) is 11.6 Å². The number of ether oxygens (including phenoxy) is 1. The minimum absolute atomic E-state index is 0.0811. The average Bonchev–Trinajstić information content (AvgIpc) is 2.99. The van der Waals surface area contributed by atoms with Gasteiger partial charge in [0.25, 0.3) is 17.7 Å². The van der Waals surface area contributed by atoms with Gasteiger partial charge in [0.15, 0.2) is 11.6 Å². The van der Waals surface area contributed by atoms with Crippen molar-refractivity contribution in [1.82, 2.24) is 15.1 Å². The van der Waals surface area contributed by atoms with Crippen molar-refractivity contribution in [3.8, 4) is 11.6 Å². The minimum atomic E-state index is -4.62. The van der Waals surface area contributed by atoms with Gasteiger partial charge in [0.05, 0.1) is 16.8 Å². The summed E-state index contributed by atoms with van der Waals surface area (Å²) in [6.45, 7) is 4.80. The van der Waals surface area contributed by atoms with Crippen molar-refractivity contribution in [3.05, 3.63) is 70.3 Å². The molecule has 11 heteroatoms. The van der Waals surface area contributed by atoms with Gasteiger partial charge in [-0.3, -0.25) is 9.59 Å². The summed E-state index contributed by atoms with van der Waals surface area (Å²) >= 11 is 0. The number of carbonyl (C=O) groups is 2. The molecule has 1 aromatic heterocycles. The van der Waals surface area contributed by atoms with Crippen LogP contribution in [0.4, 0.5) is 24.7 Å². The standard InChI is InChI=1S/C25H22F3N5O3/c1-14-11-15(2)21-19(12-14)36-23-17(22(34)29-21)13-20(30-31-23)32-7-9-33(10-8-32)24(35)16-5-3-4-6-18(16)25(26,27)28/h3-6,11-13H,7-10H2,1-2H3,(H,29,34). The van der Waals surface area contributed by atoms with Crippen LogP contribution < -0.4 is 15.0 Å². The molecule has 5 rings (SSSR count). The fourth-order valence-electron chi connectivity index (χ4n) is 4.44. The molecule has 1 fully saturated rings. The molecule has 2 aromatic carbocycles. The highest BCUT2D eigenvalue weighted by molar-refractivity contribution is 6.08. The number of hydrogen-bond donors (Lipinski definition) is 1. The first-order valence-electron chi connectivity index (χ1n) is 11.3. The van der Waals surface area contributed by atoms with Crippen molar-refractivity contribution in [1.29, 1.82) is 0 Å². The lowest BCUT2D eigenvalue weighted by Crippen LogP contribution is -2.49. The molecule has 0 bridgehead atoms. The Morgan fingerprint density at radius 3 is 2.47 bits per heavy atom. The quantitative estimate of drug-likeness (QED) is 0.564. The van der Waals surface area contributed by atoms with Gasteiger partial charge in [-0.25, -0.2) is 0 Å². The second-order valence-electron chi connectivity index (χ2n) is 8.76. The van der Waals surface area contributed by atoms with Crippen LogP contribution in [0.1, 0.15) is 37.4 Å². The molecule has 3 heterocycles. The Hall–Kier alpha value is -4.15. The number of halogens is 3. The monoisotopic (exact) mass is 497 g/mol. The van der Waals surface area contributed by atoms with Crippen LogP contribution >= 0.6 is 0 Å². The van der Waals surface area contributed by atoms with Gasteiger partial charge in [0.1, 0.15) is 5.56 Å². The first kappa shape index (κ1) is 23.6. The summed E-state index contributed by atoms with van der Waals surface area (Å²) in [6, 6.07) is 10.1. The molecule has 36 heavy (non-hydrogen) atoms. The number of hydrogen-bond acceptors (Lipinski definition) is 6. The largest absolute Gasteiger partial charge is 0.435 e. The third-order valence-electron chi connectivity index (χ3n) is 6.23. The lowest BCUT2D eigenvalue weighted by atomic mass is 10.1. The highest BCUT2D eigenvalue weighted by Gasteiger charge is 2.36. The van der Waals surface area contributed by atoms with Crippen molar-refractivity contribution < 1.29 is 27.5 Å². The fourth-order valence-corrected chi connectivity index (χ4v) is 4.44. The molecule has 0 saturated carbocycles. The maximum Gasteiger partial charge on any atom is 0.417 e. The van der Waals surface area contributed by atoms with Crippen LogP contribution in [0.2, 0.25) is 0 Å². The Bertz CT molecular complexity index is 1370. The zero-order chi connectivity index (χ0) is 25.6. The van der Waals surface area contributed by atoms with Gasteiger partial charge in [0, 0.05) is 32.2 Å². The van der Waals surface area contributed by atoms with Gasteiger partial charge in [-0.15, -0.1) is 10.2 Å². The molecule has 2 aliphatic heterocycles. The Morgan fingerprint density at radius 2 is 1.75 bits per heavy atom. The number of alkyl halides is 3. The lowest BCUT2D eigenvalue weighted by molar-refractivity contribution is -0.138. The molecular weight excluding hydrogens is 475 g/mol. The highest BCUT2D eigenvalue weighted by atomic mass is 19.4. The number of aromatic nitrogens is 2. The van der Waals surface area contributed by atoms with Gasteiger partial charge in [0.2, 0.25) is 0 Å². The van der Waals surface area contributed by atoms with Crippen LogP contribution in [-0.2, 0) is 6.18 Å². The number of benzene rings is 2. The summed E-state index contributed by atoms with van der Waals surface area (Å²) in [5, 5.41) is 11.2. The summed E-state index contributed by atoms with van der Waals surface area (Å²) in [6.07, 6.45) is -4.62. The highest BCUT2D eigenvalue weighted by Crippen LogP contribution is 2.38. The Kier molecular flexibility index (Phi) is 5.77. The predicted octanol–water partition coefficient (Wildman–Crippen LogP) is 4.43. The van der Waals surface area contributed by atoms with Gasteiger partial charge >= 0.3 is 6.18 Å². The van der Waals surface area contributed by atoms with Crippen molar-refractivity contribution in [2.45, 2.75) is 20.0 Å². The number of anilines is 2. The zero-order valence-corrected chi connectivity index (χ0v) is 19.5. The first-order valence-corrected chi connectivity index (χ1v) is 11.3. The summed E-state index contributed by atoms with van der Waals surface area (Å²) < 4.78 is 45.9. The molecule has 0 radical (unpaired) electrons. The van der Waals surface area contributed by atoms with E-state index in [-0.39, 0.29) is 36.0 Å². The SMILES string of the molecule is Cc1cc(C)c2c(c1)Oc1nnc(N3CCN(C(=O)c4ccccc4C(F)(F)F)CC3)cc1C(=O)N2. The van der Waals surface area contributed by atoms with Crippen LogP contribution in [0, 0.1) is 13.8 Å². The van der Waals surface area contributed by atoms with E-state index in [9.17, 15) is 22.8 Å². The van der Waals surface area contributed by atoms with E-state index in [1.165, 1.54) is 23.1 Å². The minimum Gasteiger partial charge on any atom is -0.435 e. The van der Waals surface area contributed by atoms with Crippen molar-refractivity contribution in [2.24, 2.45) is 0 Å². The molecule has 8 nitrogen and oxygen atoms in total. The number of rotatable bonds is 2. The topological polar surface area (TPSA) is 87.7 Å². The van der Waals surface area contributed by atoms with Crippen LogP contribution in [0.25, 0.3) is 0 Å². The fraction of sp³-hybridized carbons (Fsp3) is 0.280. The number of piperazine rings is 1. The van der Waals surface area contributed by atoms with Crippen LogP contribution in [0.15, 0.2) is 42.5 Å². The van der Waals surface area contributed by atoms with Gasteiger partial charge in [-0.1, -0.05) is 18.2 Å². The van der Waals surface area contributed by atoms with Crippen LogP contribution in [0.3, 0.4) is 0 Å². The summed E-state index contributed by atoms with van der Waals surface area (Å²) in [7, 11) is 0. The number of carbonyl (C=O) groups excluding carboxylic acids is 2. The maximum absolute atomic E-state index is 13.3. The molecule has 0 unspecified atom stereocenters. The van der Waals surface area contributed by atoms with E-state index >= 15 is 0 Å². The van der Waals surface area contributed by atoms with E-state index in [0.29, 0.717) is 30.3 Å².